The van der Waals surface area contributed by atoms with Crippen LogP contribution in [0.25, 0.3) is 0 Å². The summed E-state index contributed by atoms with van der Waals surface area (Å²) in [5.41, 5.74) is 0.597. The van der Waals surface area contributed by atoms with Gasteiger partial charge in [0.05, 0.1) is 18.8 Å². The highest BCUT2D eigenvalue weighted by Gasteiger charge is 2.36. The summed E-state index contributed by atoms with van der Waals surface area (Å²) in [4.78, 5) is 14.2. The average Bonchev–Trinajstić information content (AvgIpc) is 3.17. The Kier molecular flexibility index (Phi) is 3.40. The van der Waals surface area contributed by atoms with E-state index in [0.29, 0.717) is 17.9 Å². The highest BCUT2D eigenvalue weighted by molar-refractivity contribution is 5.94. The van der Waals surface area contributed by atoms with Crippen molar-refractivity contribution in [1.29, 1.82) is 0 Å². The van der Waals surface area contributed by atoms with Crippen molar-refractivity contribution in [1.82, 2.24) is 19.8 Å². The first-order valence-electron chi connectivity index (χ1n) is 7.84. The van der Waals surface area contributed by atoms with Gasteiger partial charge in [0.15, 0.2) is 11.4 Å². The topological polar surface area (TPSA) is 64.2 Å². The van der Waals surface area contributed by atoms with Gasteiger partial charge in [0, 0.05) is 18.5 Å². The minimum absolute atomic E-state index is 0.0869. The lowest BCUT2D eigenvalue weighted by Gasteiger charge is -2.27. The van der Waals surface area contributed by atoms with Crippen molar-refractivity contribution in [2.75, 3.05) is 6.54 Å². The summed E-state index contributed by atoms with van der Waals surface area (Å²) in [5, 5.41) is 7.47. The Morgan fingerprint density at radius 3 is 2.79 bits per heavy atom. The number of hydrogen-bond acceptors (Lipinski definition) is 4. The van der Waals surface area contributed by atoms with Crippen LogP contribution in [0, 0.1) is 0 Å². The third-order valence-electron chi connectivity index (χ3n) is 4.53. The molecule has 3 heterocycles. The van der Waals surface area contributed by atoms with Crippen molar-refractivity contribution >= 4 is 5.91 Å². The van der Waals surface area contributed by atoms with Gasteiger partial charge in [-0.2, -0.15) is 18.3 Å². The minimum Gasteiger partial charge on any atom is -0.360 e. The van der Waals surface area contributed by atoms with E-state index < -0.39 is 11.9 Å². The van der Waals surface area contributed by atoms with Crippen LogP contribution in [-0.2, 0) is 32.1 Å². The molecule has 4 rings (SSSR count). The summed E-state index contributed by atoms with van der Waals surface area (Å²) in [6, 6.07) is 0.998. The molecule has 0 saturated carbocycles. The summed E-state index contributed by atoms with van der Waals surface area (Å²) < 4.78 is 44.9. The van der Waals surface area contributed by atoms with Gasteiger partial charge in [-0.05, 0) is 25.3 Å². The largest absolute Gasteiger partial charge is 0.435 e. The number of halogens is 3. The number of amides is 1. The zero-order chi connectivity index (χ0) is 16.9. The van der Waals surface area contributed by atoms with Crippen molar-refractivity contribution in [2.45, 2.75) is 44.9 Å². The molecule has 9 heteroatoms. The van der Waals surface area contributed by atoms with Crippen LogP contribution in [0.15, 0.2) is 10.6 Å². The molecule has 0 radical (unpaired) electrons. The van der Waals surface area contributed by atoms with E-state index in [1.165, 1.54) is 9.58 Å². The fourth-order valence-electron chi connectivity index (χ4n) is 3.28. The molecule has 2 aromatic heterocycles. The highest BCUT2D eigenvalue weighted by atomic mass is 19.4. The van der Waals surface area contributed by atoms with E-state index in [1.807, 2.05) is 0 Å². The van der Waals surface area contributed by atoms with Gasteiger partial charge in [0.25, 0.3) is 5.91 Å². The quantitative estimate of drug-likeness (QED) is 0.800. The van der Waals surface area contributed by atoms with E-state index in [0.717, 1.165) is 43.1 Å². The van der Waals surface area contributed by atoms with Crippen LogP contribution in [0.4, 0.5) is 13.2 Å². The molecule has 0 atom stereocenters. The number of aromatic nitrogens is 3. The Bertz CT molecular complexity index is 793. The Morgan fingerprint density at radius 2 is 2.00 bits per heavy atom. The van der Waals surface area contributed by atoms with Crippen molar-refractivity contribution < 1.29 is 22.5 Å². The predicted molar refractivity (Wildman–Crippen MR) is 75.1 cm³/mol. The highest BCUT2D eigenvalue weighted by Crippen LogP contribution is 2.30. The summed E-state index contributed by atoms with van der Waals surface area (Å²) in [5.74, 6) is 0.467. The van der Waals surface area contributed by atoms with Gasteiger partial charge in [0.1, 0.15) is 5.76 Å². The fourth-order valence-corrected chi connectivity index (χ4v) is 3.28. The molecule has 0 unspecified atom stereocenters. The van der Waals surface area contributed by atoms with E-state index in [-0.39, 0.29) is 19.0 Å². The molecule has 0 aromatic carbocycles. The van der Waals surface area contributed by atoms with Gasteiger partial charge in [-0.1, -0.05) is 5.16 Å². The molecule has 2 aromatic rings. The minimum atomic E-state index is -4.48. The van der Waals surface area contributed by atoms with Crippen LogP contribution in [0.5, 0.6) is 0 Å². The Labute approximate surface area is 135 Å². The molecular weight excluding hydrogens is 325 g/mol. The Morgan fingerprint density at radius 1 is 1.21 bits per heavy atom. The second kappa shape index (κ2) is 5.35. The zero-order valence-corrected chi connectivity index (χ0v) is 12.8. The molecule has 0 bridgehead atoms. The molecule has 0 N–H and O–H groups in total. The summed E-state index contributed by atoms with van der Waals surface area (Å²) in [6.07, 6.45) is -0.958. The molecule has 1 aliphatic carbocycles. The van der Waals surface area contributed by atoms with E-state index in [2.05, 4.69) is 10.3 Å². The molecule has 128 valence electrons. The third-order valence-corrected chi connectivity index (χ3v) is 4.53. The lowest BCUT2D eigenvalue weighted by atomic mass is 9.96. The first-order valence-corrected chi connectivity index (χ1v) is 7.84. The lowest BCUT2D eigenvalue weighted by Crippen LogP contribution is -2.39. The van der Waals surface area contributed by atoms with E-state index in [9.17, 15) is 18.0 Å². The number of hydrogen-bond donors (Lipinski definition) is 0. The van der Waals surface area contributed by atoms with Gasteiger partial charge in [0.2, 0.25) is 0 Å². The van der Waals surface area contributed by atoms with Crippen molar-refractivity contribution in [2.24, 2.45) is 0 Å². The predicted octanol–water partition coefficient (Wildman–Crippen LogP) is 2.42. The van der Waals surface area contributed by atoms with E-state index in [4.69, 9.17) is 4.52 Å². The van der Waals surface area contributed by atoms with Crippen molar-refractivity contribution in [3.05, 3.63) is 34.5 Å². The number of nitrogens with zero attached hydrogens (tertiary/aromatic N) is 4. The normalized spacial score (nSPS) is 17.5. The van der Waals surface area contributed by atoms with Gasteiger partial charge in [-0.15, -0.1) is 0 Å². The maximum absolute atomic E-state index is 12.8. The Balaban J connectivity index is 1.57. The maximum Gasteiger partial charge on any atom is 0.435 e. The standard InChI is InChI=1S/C15H15F3N4O2/c16-15(17,18)12-7-9-8-21(5-6-22(9)19-12)14(23)13-10-3-1-2-4-11(10)24-20-13/h7H,1-6,8H2. The lowest BCUT2D eigenvalue weighted by molar-refractivity contribution is -0.141. The molecular formula is C15H15F3N4O2. The SMILES string of the molecule is O=C(c1noc2c1CCCC2)N1CCn2nc(C(F)(F)F)cc2C1. The molecule has 0 saturated heterocycles. The smallest absolute Gasteiger partial charge is 0.360 e. The maximum atomic E-state index is 12.8. The number of carbonyl (C=O) groups excluding carboxylic acids is 1. The van der Waals surface area contributed by atoms with Crippen LogP contribution >= 0.6 is 0 Å². The van der Waals surface area contributed by atoms with Crippen molar-refractivity contribution in [3.63, 3.8) is 0 Å². The number of aryl methyl sites for hydroxylation is 1. The van der Waals surface area contributed by atoms with Gasteiger partial charge in [-0.25, -0.2) is 0 Å². The number of alkyl halides is 3. The van der Waals surface area contributed by atoms with Gasteiger partial charge >= 0.3 is 6.18 Å². The van der Waals surface area contributed by atoms with Crippen LogP contribution < -0.4 is 0 Å². The monoisotopic (exact) mass is 340 g/mol. The molecule has 24 heavy (non-hydrogen) atoms. The van der Waals surface area contributed by atoms with Gasteiger partial charge < -0.3 is 9.42 Å². The number of rotatable bonds is 1. The van der Waals surface area contributed by atoms with Crippen molar-refractivity contribution in [3.8, 4) is 0 Å². The molecule has 2 aliphatic rings. The number of fused-ring (bicyclic) bond motifs is 2. The molecule has 1 amide bonds. The summed E-state index contributed by atoms with van der Waals surface area (Å²) in [6.45, 7) is 0.618. The number of carbonyl (C=O) groups is 1. The zero-order valence-electron chi connectivity index (χ0n) is 12.8. The summed E-state index contributed by atoms with van der Waals surface area (Å²) in [7, 11) is 0. The second-order valence-corrected chi connectivity index (χ2v) is 6.11. The molecule has 6 nitrogen and oxygen atoms in total. The van der Waals surface area contributed by atoms with Crippen LogP contribution in [0.1, 0.15) is 46.0 Å². The first-order chi connectivity index (χ1) is 11.4. The van der Waals surface area contributed by atoms with Gasteiger partial charge in [-0.3, -0.25) is 9.48 Å². The van der Waals surface area contributed by atoms with Crippen LogP contribution in [0.2, 0.25) is 0 Å². The second-order valence-electron chi connectivity index (χ2n) is 6.11. The first kappa shape index (κ1) is 15.2. The average molecular weight is 340 g/mol. The Hall–Kier alpha value is -2.32. The summed E-state index contributed by atoms with van der Waals surface area (Å²) >= 11 is 0. The van der Waals surface area contributed by atoms with Crippen LogP contribution in [0.3, 0.4) is 0 Å². The third kappa shape index (κ3) is 2.47. The molecule has 0 fully saturated rings. The van der Waals surface area contributed by atoms with E-state index >= 15 is 0 Å². The molecule has 1 aliphatic heterocycles. The fraction of sp³-hybridized carbons (Fsp3) is 0.533. The molecule has 0 spiro atoms. The van der Waals surface area contributed by atoms with Crippen LogP contribution in [-0.4, -0.2) is 32.3 Å². The van der Waals surface area contributed by atoms with E-state index in [1.54, 1.807) is 0 Å².